The molecule has 0 atom stereocenters. The maximum atomic E-state index is 5.46. The molecule has 0 spiro atoms. The second kappa shape index (κ2) is 1.96. The lowest BCUT2D eigenvalue weighted by molar-refractivity contribution is 1.44. The van der Waals surface area contributed by atoms with Crippen molar-refractivity contribution in [3.8, 4) is 0 Å². The molecular formula is C4H4ClN3. The topological polar surface area (TPSA) is 50.7 Å². The van der Waals surface area contributed by atoms with Crippen LogP contribution >= 0.6 is 11.6 Å². The third-order valence-electron chi connectivity index (χ3n) is 0.737. The van der Waals surface area contributed by atoms with Gasteiger partial charge in [0.2, 0.25) is 0 Å². The molecule has 0 amide bonds. The Labute approximate surface area is 51.6 Å². The maximum Gasteiger partial charge on any atom is 0.157 e. The van der Waals surface area contributed by atoms with Crippen LogP contribution in [0.25, 0.3) is 0 Å². The van der Waals surface area contributed by atoms with Gasteiger partial charge in [0.1, 0.15) is 12.0 Å². The smallest absolute Gasteiger partial charge is 0.157 e. The highest BCUT2D eigenvalue weighted by Crippen LogP contribution is 2.06. The van der Waals surface area contributed by atoms with E-state index >= 15 is 0 Å². The fourth-order valence-corrected chi connectivity index (χ4v) is 0.528. The molecule has 8 heavy (non-hydrogen) atoms. The molecular weight excluding hydrogens is 126 g/mol. The van der Waals surface area contributed by atoms with E-state index in [2.05, 4.69) is 9.98 Å². The van der Waals surface area contributed by atoms with Gasteiger partial charge in [-0.1, -0.05) is 11.6 Å². The fraction of sp³-hybridized carbons (Fsp3) is 0. The number of halogens is 1. The molecule has 0 bridgehead atoms. The fourth-order valence-electron chi connectivity index (χ4n) is 0.373. The zero-order chi connectivity index (χ0) is 5.98. The highest BCUT2D eigenvalue weighted by atomic mass is 35.5. The van der Waals surface area contributed by atoms with Gasteiger partial charge in [-0.25, -0.2) is 9.98 Å². The zero-order valence-corrected chi connectivity index (χ0v) is 4.76. The third-order valence-corrected chi connectivity index (χ3v) is 1.03. The minimum Gasteiger partial charge on any atom is -0.403 e. The molecule has 0 aliphatic carbocycles. The Morgan fingerprint density at radius 1 is 1.75 bits per heavy atom. The second-order valence-electron chi connectivity index (χ2n) is 1.22. The molecule has 4 heteroatoms. The predicted octanol–water partition coefficient (Wildman–Crippen LogP) is 0.466. The van der Waals surface area contributed by atoms with Crippen molar-refractivity contribution in [3.63, 3.8) is 0 Å². The first-order chi connectivity index (χ1) is 3.84. The van der Waals surface area contributed by atoms with E-state index in [0.29, 0.717) is 10.9 Å². The Hall–Kier alpha value is -0.830. The Kier molecular flexibility index (Phi) is 1.30. The lowest BCUT2D eigenvalue weighted by Crippen LogP contribution is -1.89. The largest absolute Gasteiger partial charge is 0.403 e. The van der Waals surface area contributed by atoms with E-state index in [1.807, 2.05) is 0 Å². The van der Waals surface area contributed by atoms with Crippen LogP contribution in [-0.2, 0) is 0 Å². The van der Waals surface area contributed by atoms with E-state index in [1.165, 1.54) is 12.5 Å². The van der Waals surface area contributed by atoms with Crippen LogP contribution < -0.4 is 5.73 Å². The van der Waals surface area contributed by atoms with E-state index in [1.54, 1.807) is 0 Å². The minimum absolute atomic E-state index is 0.354. The van der Waals surface area contributed by atoms with Crippen LogP contribution in [0.4, 0.5) is 0 Å². The molecule has 3 nitrogen and oxygen atoms in total. The van der Waals surface area contributed by atoms with Crippen molar-refractivity contribution in [2.24, 2.45) is 15.7 Å². The molecule has 1 heterocycles. The third kappa shape index (κ3) is 0.721. The minimum atomic E-state index is 0.354. The van der Waals surface area contributed by atoms with Gasteiger partial charge >= 0.3 is 0 Å². The molecule has 0 saturated carbocycles. The van der Waals surface area contributed by atoms with E-state index < -0.39 is 0 Å². The second-order valence-corrected chi connectivity index (χ2v) is 1.57. The van der Waals surface area contributed by atoms with Crippen LogP contribution in [-0.4, -0.2) is 11.5 Å². The first kappa shape index (κ1) is 5.31. The number of rotatable bonds is 0. The van der Waals surface area contributed by atoms with Crippen molar-refractivity contribution in [2.45, 2.75) is 0 Å². The molecule has 42 valence electrons. The first-order valence-corrected chi connectivity index (χ1v) is 2.40. The molecule has 0 saturated heterocycles. The molecule has 0 aromatic rings. The van der Waals surface area contributed by atoms with E-state index in [0.717, 1.165) is 0 Å². The average Bonchev–Trinajstić information content (AvgIpc) is 2.14. The lowest BCUT2D eigenvalue weighted by atomic mass is 10.5. The molecule has 0 radical (unpaired) electrons. The Balaban J connectivity index is 2.88. The number of nitrogens with zero attached hydrogens (tertiary/aromatic N) is 2. The van der Waals surface area contributed by atoms with Gasteiger partial charge in [0, 0.05) is 6.20 Å². The summed E-state index contributed by atoms with van der Waals surface area (Å²) in [5.41, 5.74) is 5.62. The quantitative estimate of drug-likeness (QED) is 0.508. The summed E-state index contributed by atoms with van der Waals surface area (Å²) in [6.45, 7) is 0. The van der Waals surface area contributed by atoms with Crippen molar-refractivity contribution in [3.05, 3.63) is 11.9 Å². The van der Waals surface area contributed by atoms with Crippen LogP contribution in [0.15, 0.2) is 21.9 Å². The van der Waals surface area contributed by atoms with Gasteiger partial charge in [-0.15, -0.1) is 0 Å². The van der Waals surface area contributed by atoms with Crippen LogP contribution in [0, 0.1) is 0 Å². The molecule has 2 N–H and O–H groups in total. The normalized spacial score (nSPS) is 22.1. The molecule has 1 aliphatic rings. The van der Waals surface area contributed by atoms with Crippen molar-refractivity contribution in [1.29, 1.82) is 0 Å². The number of hydrogen-bond acceptors (Lipinski definition) is 3. The number of aliphatic imine (C=N–C) groups is 2. The summed E-state index contributed by atoms with van der Waals surface area (Å²) in [7, 11) is 0. The number of nitrogens with two attached hydrogens (primary N) is 1. The summed E-state index contributed by atoms with van der Waals surface area (Å²) < 4.78 is 0. The summed E-state index contributed by atoms with van der Waals surface area (Å²) in [6, 6.07) is 0. The lowest BCUT2D eigenvalue weighted by Gasteiger charge is -1.83. The van der Waals surface area contributed by atoms with Crippen molar-refractivity contribution in [1.82, 2.24) is 0 Å². The van der Waals surface area contributed by atoms with Gasteiger partial charge < -0.3 is 5.73 Å². The van der Waals surface area contributed by atoms with E-state index in [4.69, 9.17) is 17.3 Å². The van der Waals surface area contributed by atoms with Crippen LogP contribution in [0.5, 0.6) is 0 Å². The van der Waals surface area contributed by atoms with Crippen molar-refractivity contribution < 1.29 is 0 Å². The van der Waals surface area contributed by atoms with Gasteiger partial charge in [-0.05, 0) is 0 Å². The van der Waals surface area contributed by atoms with Crippen LogP contribution in [0.3, 0.4) is 0 Å². The van der Waals surface area contributed by atoms with Crippen LogP contribution in [0.2, 0.25) is 0 Å². The zero-order valence-electron chi connectivity index (χ0n) is 4.00. The summed E-state index contributed by atoms with van der Waals surface area (Å²) in [4.78, 5) is 7.34. The van der Waals surface area contributed by atoms with Crippen LogP contribution in [0.1, 0.15) is 0 Å². The summed E-state index contributed by atoms with van der Waals surface area (Å²) >= 11 is 5.46. The van der Waals surface area contributed by atoms with Gasteiger partial charge in [0.05, 0.1) is 0 Å². The summed E-state index contributed by atoms with van der Waals surface area (Å²) in [5, 5.41) is 0.354. The Bertz CT molecular complexity index is 180. The first-order valence-electron chi connectivity index (χ1n) is 2.02. The van der Waals surface area contributed by atoms with Crippen molar-refractivity contribution >= 4 is 23.1 Å². The SMILES string of the molecule is NC=C1N=CN=C1Cl. The van der Waals surface area contributed by atoms with E-state index in [-0.39, 0.29) is 0 Å². The monoisotopic (exact) mass is 129 g/mol. The summed E-state index contributed by atoms with van der Waals surface area (Å²) in [5.74, 6) is 0. The molecule has 1 aliphatic heterocycles. The number of hydrogen-bond donors (Lipinski definition) is 1. The Morgan fingerprint density at radius 3 is 2.75 bits per heavy atom. The molecule has 0 unspecified atom stereocenters. The van der Waals surface area contributed by atoms with E-state index in [9.17, 15) is 0 Å². The van der Waals surface area contributed by atoms with Gasteiger partial charge in [-0.3, -0.25) is 0 Å². The standard InChI is InChI=1S/C4H4ClN3/c5-4-3(1-6)7-2-8-4/h1-2H,6H2. The summed E-state index contributed by atoms with van der Waals surface area (Å²) in [6.07, 6.45) is 2.68. The predicted molar refractivity (Wildman–Crippen MR) is 34.1 cm³/mol. The Morgan fingerprint density at radius 2 is 2.50 bits per heavy atom. The van der Waals surface area contributed by atoms with Crippen molar-refractivity contribution in [2.75, 3.05) is 0 Å². The average molecular weight is 130 g/mol. The highest BCUT2D eigenvalue weighted by molar-refractivity contribution is 6.70. The highest BCUT2D eigenvalue weighted by Gasteiger charge is 2.03. The van der Waals surface area contributed by atoms with Gasteiger partial charge in [-0.2, -0.15) is 0 Å². The van der Waals surface area contributed by atoms with Gasteiger partial charge in [0.25, 0.3) is 0 Å². The number of allylic oxidation sites excluding steroid dienone is 1. The molecule has 0 aromatic heterocycles. The molecule has 0 aromatic carbocycles. The maximum absolute atomic E-state index is 5.46. The molecule has 0 fully saturated rings. The molecule has 1 rings (SSSR count). The van der Waals surface area contributed by atoms with Gasteiger partial charge in [0.15, 0.2) is 5.17 Å².